The molecule has 8 heteroatoms. The van der Waals surface area contributed by atoms with E-state index in [9.17, 15) is 14.4 Å². The number of nitrogens with one attached hydrogen (secondary N) is 1. The Balaban J connectivity index is 2.02. The van der Waals surface area contributed by atoms with Crippen molar-refractivity contribution in [3.05, 3.63) is 46.3 Å². The summed E-state index contributed by atoms with van der Waals surface area (Å²) in [4.78, 5) is 35.9. The maximum atomic E-state index is 12.1. The molecular weight excluding hydrogens is 354 g/mol. The molecule has 24 heavy (non-hydrogen) atoms. The summed E-state index contributed by atoms with van der Waals surface area (Å²) in [6.07, 6.45) is -2.04. The second-order valence-corrected chi connectivity index (χ2v) is 6.22. The van der Waals surface area contributed by atoms with Gasteiger partial charge in [-0.25, -0.2) is 9.59 Å². The third-order valence-corrected chi connectivity index (χ3v) is 4.37. The number of thiophene rings is 1. The van der Waals surface area contributed by atoms with E-state index in [-0.39, 0.29) is 0 Å². The average molecular weight is 368 g/mol. The number of halogens is 1. The average Bonchev–Trinajstić information content (AvgIpc) is 3.05. The first kappa shape index (κ1) is 18.0. The fraction of sp³-hybridized carbons (Fsp3) is 0.188. The number of hydrogen-bond acceptors (Lipinski definition) is 6. The Morgan fingerprint density at radius 1 is 1.12 bits per heavy atom. The summed E-state index contributed by atoms with van der Waals surface area (Å²) < 4.78 is 9.35. The Labute approximate surface area is 147 Å². The van der Waals surface area contributed by atoms with Crippen LogP contribution in [-0.4, -0.2) is 31.2 Å². The van der Waals surface area contributed by atoms with Crippen LogP contribution in [0.15, 0.2) is 36.4 Å². The van der Waals surface area contributed by atoms with Crippen molar-refractivity contribution < 1.29 is 23.9 Å². The van der Waals surface area contributed by atoms with Crippen LogP contribution in [0.25, 0.3) is 10.4 Å². The van der Waals surface area contributed by atoms with E-state index in [1.54, 1.807) is 24.3 Å². The van der Waals surface area contributed by atoms with Gasteiger partial charge in [0.15, 0.2) is 6.10 Å². The summed E-state index contributed by atoms with van der Waals surface area (Å²) in [6, 6.07) is 10.6. The SMILES string of the molecule is COC(=O)NC(=O)[C@H](C)OC(=O)c1ccc(-c2ccc(Cl)cc2)s1. The highest BCUT2D eigenvalue weighted by Gasteiger charge is 2.22. The number of benzene rings is 1. The summed E-state index contributed by atoms with van der Waals surface area (Å²) in [5.74, 6) is -1.41. The molecule has 0 bridgehead atoms. The molecule has 0 saturated carbocycles. The number of rotatable bonds is 4. The molecule has 0 saturated heterocycles. The van der Waals surface area contributed by atoms with Crippen molar-refractivity contribution in [3.8, 4) is 10.4 Å². The molecule has 0 aliphatic heterocycles. The number of alkyl carbamates (subject to hydrolysis) is 1. The number of methoxy groups -OCH3 is 1. The van der Waals surface area contributed by atoms with Crippen LogP contribution in [0.1, 0.15) is 16.6 Å². The van der Waals surface area contributed by atoms with Crippen molar-refractivity contribution in [1.29, 1.82) is 0 Å². The highest BCUT2D eigenvalue weighted by Crippen LogP contribution is 2.29. The highest BCUT2D eigenvalue weighted by atomic mass is 35.5. The van der Waals surface area contributed by atoms with Crippen molar-refractivity contribution in [2.45, 2.75) is 13.0 Å². The van der Waals surface area contributed by atoms with Gasteiger partial charge in [-0.1, -0.05) is 23.7 Å². The molecule has 0 radical (unpaired) electrons. The molecule has 6 nitrogen and oxygen atoms in total. The van der Waals surface area contributed by atoms with Crippen LogP contribution in [-0.2, 0) is 14.3 Å². The number of ether oxygens (including phenoxy) is 2. The first-order valence-corrected chi connectivity index (χ1v) is 8.05. The van der Waals surface area contributed by atoms with Crippen LogP contribution in [0.2, 0.25) is 5.02 Å². The zero-order valence-electron chi connectivity index (χ0n) is 12.9. The van der Waals surface area contributed by atoms with Gasteiger partial charge in [-0.2, -0.15) is 0 Å². The summed E-state index contributed by atoms with van der Waals surface area (Å²) in [6.45, 7) is 1.36. The number of esters is 1. The van der Waals surface area contributed by atoms with Crippen LogP contribution in [0.5, 0.6) is 0 Å². The summed E-state index contributed by atoms with van der Waals surface area (Å²) in [7, 11) is 1.13. The van der Waals surface area contributed by atoms with Gasteiger partial charge in [0.2, 0.25) is 0 Å². The minimum Gasteiger partial charge on any atom is -0.453 e. The van der Waals surface area contributed by atoms with E-state index in [0.29, 0.717) is 9.90 Å². The van der Waals surface area contributed by atoms with Gasteiger partial charge in [0.1, 0.15) is 4.88 Å². The molecule has 126 valence electrons. The molecule has 0 spiro atoms. The van der Waals surface area contributed by atoms with Crippen LogP contribution in [0.4, 0.5) is 4.79 Å². The van der Waals surface area contributed by atoms with E-state index in [1.165, 1.54) is 18.3 Å². The molecule has 1 heterocycles. The number of amides is 2. The lowest BCUT2D eigenvalue weighted by molar-refractivity contribution is -0.128. The Bertz CT molecular complexity index is 756. The predicted octanol–water partition coefficient (Wildman–Crippen LogP) is 3.50. The first-order chi connectivity index (χ1) is 11.4. The largest absolute Gasteiger partial charge is 0.453 e. The van der Waals surface area contributed by atoms with E-state index in [4.69, 9.17) is 16.3 Å². The molecule has 1 aromatic heterocycles. The molecule has 0 unspecified atom stereocenters. The van der Waals surface area contributed by atoms with Crippen molar-refractivity contribution in [2.24, 2.45) is 0 Å². The lowest BCUT2D eigenvalue weighted by Gasteiger charge is -2.11. The Hall–Kier alpha value is -2.38. The smallest absolute Gasteiger partial charge is 0.413 e. The van der Waals surface area contributed by atoms with Gasteiger partial charge in [-0.15, -0.1) is 11.3 Å². The monoisotopic (exact) mass is 367 g/mol. The predicted molar refractivity (Wildman–Crippen MR) is 90.2 cm³/mol. The lowest BCUT2D eigenvalue weighted by Crippen LogP contribution is -2.39. The van der Waals surface area contributed by atoms with Crippen molar-refractivity contribution in [3.63, 3.8) is 0 Å². The quantitative estimate of drug-likeness (QED) is 0.836. The van der Waals surface area contributed by atoms with Crippen LogP contribution in [0.3, 0.4) is 0 Å². The fourth-order valence-corrected chi connectivity index (χ4v) is 2.76. The number of hydrogen-bond donors (Lipinski definition) is 1. The normalized spacial score (nSPS) is 11.5. The highest BCUT2D eigenvalue weighted by molar-refractivity contribution is 7.17. The van der Waals surface area contributed by atoms with Gasteiger partial charge in [-0.3, -0.25) is 10.1 Å². The molecule has 0 aliphatic carbocycles. The standard InChI is InChI=1S/C16H14ClNO5S/c1-9(14(19)18-16(21)22-2)23-15(20)13-8-7-12(24-13)10-3-5-11(17)6-4-10/h3-9H,1-2H3,(H,18,19,21)/t9-/m0/s1. The third-order valence-electron chi connectivity index (χ3n) is 3.00. The fourth-order valence-electron chi connectivity index (χ4n) is 1.74. The van der Waals surface area contributed by atoms with Crippen molar-refractivity contribution in [1.82, 2.24) is 5.32 Å². The zero-order chi connectivity index (χ0) is 17.7. The minimum absolute atomic E-state index is 0.345. The molecule has 0 fully saturated rings. The third kappa shape index (κ3) is 4.56. The van der Waals surface area contributed by atoms with Crippen molar-refractivity contribution >= 4 is 40.9 Å². The molecule has 2 amide bonds. The number of carbonyl (C=O) groups excluding carboxylic acids is 3. The van der Waals surface area contributed by atoms with Crippen LogP contribution < -0.4 is 5.32 Å². The summed E-state index contributed by atoms with van der Waals surface area (Å²) in [5, 5.41) is 2.56. The zero-order valence-corrected chi connectivity index (χ0v) is 14.4. The van der Waals surface area contributed by atoms with E-state index < -0.39 is 24.1 Å². The molecular formula is C16H14ClNO5S. The first-order valence-electron chi connectivity index (χ1n) is 6.86. The second kappa shape index (κ2) is 7.94. The molecule has 0 aliphatic rings. The summed E-state index contributed by atoms with van der Waals surface area (Å²) in [5.41, 5.74) is 0.917. The Kier molecular flexibility index (Phi) is 5.94. The molecule has 2 rings (SSSR count). The van der Waals surface area contributed by atoms with Crippen LogP contribution >= 0.6 is 22.9 Å². The summed E-state index contributed by atoms with van der Waals surface area (Å²) >= 11 is 7.08. The van der Waals surface area contributed by atoms with E-state index in [2.05, 4.69) is 4.74 Å². The van der Waals surface area contributed by atoms with E-state index >= 15 is 0 Å². The van der Waals surface area contributed by atoms with Crippen LogP contribution in [0, 0.1) is 0 Å². The molecule has 1 atom stereocenters. The molecule has 1 N–H and O–H groups in total. The van der Waals surface area contributed by atoms with E-state index in [1.807, 2.05) is 17.4 Å². The van der Waals surface area contributed by atoms with Gasteiger partial charge >= 0.3 is 12.1 Å². The van der Waals surface area contributed by atoms with Gasteiger partial charge in [-0.05, 0) is 36.8 Å². The topological polar surface area (TPSA) is 81.7 Å². The maximum Gasteiger partial charge on any atom is 0.413 e. The Morgan fingerprint density at radius 3 is 2.42 bits per heavy atom. The number of imide groups is 1. The maximum absolute atomic E-state index is 12.1. The molecule has 1 aromatic carbocycles. The van der Waals surface area contributed by atoms with Gasteiger partial charge in [0.05, 0.1) is 7.11 Å². The number of carbonyl (C=O) groups is 3. The Morgan fingerprint density at radius 2 is 1.79 bits per heavy atom. The second-order valence-electron chi connectivity index (χ2n) is 4.70. The van der Waals surface area contributed by atoms with Gasteiger partial charge in [0, 0.05) is 9.90 Å². The van der Waals surface area contributed by atoms with Gasteiger partial charge in [0.25, 0.3) is 5.91 Å². The van der Waals surface area contributed by atoms with E-state index in [0.717, 1.165) is 17.6 Å². The lowest BCUT2D eigenvalue weighted by atomic mass is 10.2. The molecule has 2 aromatic rings. The minimum atomic E-state index is -1.13. The van der Waals surface area contributed by atoms with Gasteiger partial charge < -0.3 is 9.47 Å². The van der Waals surface area contributed by atoms with Crippen molar-refractivity contribution in [2.75, 3.05) is 7.11 Å².